The fraction of sp³-hybridized carbons (Fsp3) is 0.214. The Morgan fingerprint density at radius 1 is 1.33 bits per heavy atom. The Morgan fingerprint density at radius 2 is 2.00 bits per heavy atom. The van der Waals surface area contributed by atoms with Crippen LogP contribution in [0.25, 0.3) is 0 Å². The van der Waals surface area contributed by atoms with Crippen LogP contribution in [0.3, 0.4) is 0 Å². The van der Waals surface area contributed by atoms with Gasteiger partial charge in [-0.1, -0.05) is 12.1 Å². The lowest BCUT2D eigenvalue weighted by Crippen LogP contribution is -2.31. The number of hydrogen-bond acceptors (Lipinski definition) is 5. The summed E-state index contributed by atoms with van der Waals surface area (Å²) in [4.78, 5) is 15.8. The highest BCUT2D eigenvalue weighted by molar-refractivity contribution is 5.95. The lowest BCUT2D eigenvalue weighted by Gasteiger charge is -2.27. The number of fused-ring (bicyclic) bond motifs is 1. The van der Waals surface area contributed by atoms with E-state index < -0.39 is 18.3 Å². The second-order valence-corrected chi connectivity index (χ2v) is 5.08. The zero-order valence-electron chi connectivity index (χ0n) is 12.3. The SMILES string of the molecule is CC1=C(C(N)=O)C(c2ccc(OC(F)(F)F)cc2)n2ncnc2N1. The van der Waals surface area contributed by atoms with E-state index in [9.17, 15) is 18.0 Å². The van der Waals surface area contributed by atoms with Gasteiger partial charge in [-0.3, -0.25) is 4.79 Å². The van der Waals surface area contributed by atoms with Crippen molar-refractivity contribution >= 4 is 11.9 Å². The smallest absolute Gasteiger partial charge is 0.406 e. The Bertz CT molecular complexity index is 811. The molecule has 0 radical (unpaired) electrons. The number of hydrogen-bond donors (Lipinski definition) is 2. The average Bonchev–Trinajstić information content (AvgIpc) is 2.92. The molecule has 1 aromatic carbocycles. The molecule has 0 spiro atoms. The van der Waals surface area contributed by atoms with Gasteiger partial charge in [0.15, 0.2) is 0 Å². The number of nitrogens with zero attached hydrogens (tertiary/aromatic N) is 3. The zero-order chi connectivity index (χ0) is 17.5. The Morgan fingerprint density at radius 3 is 2.58 bits per heavy atom. The molecule has 0 saturated carbocycles. The molecule has 126 valence electrons. The standard InChI is InChI=1S/C14H12F3N5O2/c1-7-10(12(18)23)11(22-13(21-7)19-6-20-22)8-2-4-9(5-3-8)24-14(15,16)17/h2-6,11H,1H3,(H2,18,23)(H,19,20,21). The van der Waals surface area contributed by atoms with Crippen LogP contribution in [0.2, 0.25) is 0 Å². The topological polar surface area (TPSA) is 95.1 Å². The molecule has 0 saturated heterocycles. The third kappa shape index (κ3) is 2.90. The fourth-order valence-corrected chi connectivity index (χ4v) is 2.57. The fourth-order valence-electron chi connectivity index (χ4n) is 2.57. The van der Waals surface area contributed by atoms with Gasteiger partial charge in [0, 0.05) is 5.70 Å². The molecule has 3 rings (SSSR count). The van der Waals surface area contributed by atoms with Crippen molar-refractivity contribution in [3.63, 3.8) is 0 Å². The van der Waals surface area contributed by atoms with Crippen molar-refractivity contribution in [3.05, 3.63) is 47.4 Å². The summed E-state index contributed by atoms with van der Waals surface area (Å²) >= 11 is 0. The number of allylic oxidation sites excluding steroid dienone is 1. The maximum absolute atomic E-state index is 12.2. The number of benzene rings is 1. The molecule has 7 nitrogen and oxygen atoms in total. The van der Waals surface area contributed by atoms with E-state index in [0.717, 1.165) is 12.1 Å². The molecule has 1 atom stereocenters. The molecule has 24 heavy (non-hydrogen) atoms. The van der Waals surface area contributed by atoms with Crippen molar-refractivity contribution < 1.29 is 22.7 Å². The summed E-state index contributed by atoms with van der Waals surface area (Å²) in [5.41, 5.74) is 6.72. The van der Waals surface area contributed by atoms with Crippen LogP contribution in [0.1, 0.15) is 18.5 Å². The number of anilines is 1. The van der Waals surface area contributed by atoms with Gasteiger partial charge in [-0.25, -0.2) is 4.68 Å². The van der Waals surface area contributed by atoms with Crippen LogP contribution in [-0.4, -0.2) is 27.0 Å². The van der Waals surface area contributed by atoms with Gasteiger partial charge in [0.25, 0.3) is 0 Å². The predicted molar refractivity (Wildman–Crippen MR) is 76.8 cm³/mol. The minimum Gasteiger partial charge on any atom is -0.406 e. The molecule has 2 aromatic rings. The molecule has 3 N–H and O–H groups in total. The van der Waals surface area contributed by atoms with E-state index in [1.165, 1.54) is 23.1 Å². The first-order valence-electron chi connectivity index (χ1n) is 6.79. The minimum atomic E-state index is -4.77. The van der Waals surface area contributed by atoms with E-state index in [1.54, 1.807) is 6.92 Å². The second kappa shape index (κ2) is 5.55. The van der Waals surface area contributed by atoms with Gasteiger partial charge >= 0.3 is 6.36 Å². The van der Waals surface area contributed by atoms with Gasteiger partial charge < -0.3 is 15.8 Å². The van der Waals surface area contributed by atoms with Crippen LogP contribution in [-0.2, 0) is 4.79 Å². The summed E-state index contributed by atoms with van der Waals surface area (Å²) in [5.74, 6) is -0.625. The van der Waals surface area contributed by atoms with Crippen LogP contribution < -0.4 is 15.8 Å². The molecule has 0 fully saturated rings. The third-order valence-corrected chi connectivity index (χ3v) is 3.49. The molecule has 1 aliphatic rings. The number of rotatable bonds is 3. The molecule has 0 bridgehead atoms. The molecule has 10 heteroatoms. The first kappa shape index (κ1) is 15.8. The van der Waals surface area contributed by atoms with E-state index >= 15 is 0 Å². The normalized spacial score (nSPS) is 17.2. The number of aromatic nitrogens is 3. The summed E-state index contributed by atoms with van der Waals surface area (Å²) in [6.07, 6.45) is -3.47. The van der Waals surface area contributed by atoms with E-state index in [1.807, 2.05) is 0 Å². The molecule has 1 amide bonds. The summed E-state index contributed by atoms with van der Waals surface area (Å²) < 4.78 is 42.0. The van der Waals surface area contributed by atoms with Gasteiger partial charge in [-0.15, -0.1) is 13.2 Å². The van der Waals surface area contributed by atoms with E-state index in [4.69, 9.17) is 5.73 Å². The number of nitrogens with one attached hydrogen (secondary N) is 1. The number of nitrogens with two attached hydrogens (primary N) is 1. The maximum atomic E-state index is 12.2. The van der Waals surface area contributed by atoms with E-state index in [-0.39, 0.29) is 11.3 Å². The Kier molecular flexibility index (Phi) is 3.66. The number of primary amides is 1. The van der Waals surface area contributed by atoms with Gasteiger partial charge in [0.2, 0.25) is 11.9 Å². The van der Waals surface area contributed by atoms with Crippen molar-refractivity contribution in [1.82, 2.24) is 14.8 Å². The largest absolute Gasteiger partial charge is 0.573 e. The number of carbonyl (C=O) groups is 1. The second-order valence-electron chi connectivity index (χ2n) is 5.08. The number of alkyl halides is 3. The molecule has 1 unspecified atom stereocenters. The molecule has 0 aliphatic carbocycles. The molecule has 1 aliphatic heterocycles. The van der Waals surface area contributed by atoms with Gasteiger partial charge in [0.05, 0.1) is 5.57 Å². The van der Waals surface area contributed by atoms with Gasteiger partial charge in [-0.2, -0.15) is 10.1 Å². The first-order valence-corrected chi connectivity index (χ1v) is 6.79. The quantitative estimate of drug-likeness (QED) is 0.891. The lowest BCUT2D eigenvalue weighted by atomic mass is 9.95. The highest BCUT2D eigenvalue weighted by Crippen LogP contribution is 2.35. The van der Waals surface area contributed by atoms with Crippen molar-refractivity contribution in [2.24, 2.45) is 5.73 Å². The third-order valence-electron chi connectivity index (χ3n) is 3.49. The first-order chi connectivity index (χ1) is 11.3. The lowest BCUT2D eigenvalue weighted by molar-refractivity contribution is -0.274. The monoisotopic (exact) mass is 339 g/mol. The number of carbonyl (C=O) groups excluding carboxylic acids is 1. The summed E-state index contributed by atoms with van der Waals surface area (Å²) in [6.45, 7) is 1.66. The van der Waals surface area contributed by atoms with Crippen LogP contribution in [0.15, 0.2) is 41.9 Å². The maximum Gasteiger partial charge on any atom is 0.573 e. The van der Waals surface area contributed by atoms with E-state index in [0.29, 0.717) is 17.2 Å². The van der Waals surface area contributed by atoms with E-state index in [2.05, 4.69) is 20.1 Å². The van der Waals surface area contributed by atoms with Gasteiger partial charge in [0.1, 0.15) is 18.1 Å². The highest BCUT2D eigenvalue weighted by Gasteiger charge is 2.33. The minimum absolute atomic E-state index is 0.248. The molecular formula is C14H12F3N5O2. The van der Waals surface area contributed by atoms with Gasteiger partial charge in [-0.05, 0) is 24.6 Å². The summed E-state index contributed by atoms with van der Waals surface area (Å²) in [7, 11) is 0. The number of amides is 1. The Balaban J connectivity index is 2.02. The molecule has 1 aromatic heterocycles. The van der Waals surface area contributed by atoms with Crippen LogP contribution >= 0.6 is 0 Å². The van der Waals surface area contributed by atoms with Crippen LogP contribution in [0.4, 0.5) is 19.1 Å². The zero-order valence-corrected chi connectivity index (χ0v) is 12.3. The van der Waals surface area contributed by atoms with Crippen molar-refractivity contribution in [3.8, 4) is 5.75 Å². The summed E-state index contributed by atoms with van der Waals surface area (Å²) in [5, 5.41) is 6.96. The summed E-state index contributed by atoms with van der Waals surface area (Å²) in [6, 6.07) is 4.46. The van der Waals surface area contributed by atoms with Crippen molar-refractivity contribution in [2.75, 3.05) is 5.32 Å². The molecular weight excluding hydrogens is 327 g/mol. The number of halogens is 3. The van der Waals surface area contributed by atoms with Crippen molar-refractivity contribution in [1.29, 1.82) is 0 Å². The highest BCUT2D eigenvalue weighted by atomic mass is 19.4. The Labute approximate surface area is 133 Å². The Hall–Kier alpha value is -3.04. The molecule has 2 heterocycles. The average molecular weight is 339 g/mol. The van der Waals surface area contributed by atoms with Crippen molar-refractivity contribution in [2.45, 2.75) is 19.3 Å². The van der Waals surface area contributed by atoms with Crippen LogP contribution in [0.5, 0.6) is 5.75 Å². The van der Waals surface area contributed by atoms with Crippen LogP contribution in [0, 0.1) is 0 Å². The predicted octanol–water partition coefficient (Wildman–Crippen LogP) is 1.95. The number of ether oxygens (including phenoxy) is 1.